The summed E-state index contributed by atoms with van der Waals surface area (Å²) in [6.07, 6.45) is 5.72. The van der Waals surface area contributed by atoms with E-state index in [1.54, 1.807) is 0 Å². The number of aliphatic hydroxyl groups is 1. The van der Waals surface area contributed by atoms with Crippen LogP contribution in [-0.4, -0.2) is 17.0 Å². The van der Waals surface area contributed by atoms with Crippen molar-refractivity contribution in [2.75, 3.05) is 0 Å². The molecule has 0 amide bonds. The van der Waals surface area contributed by atoms with Crippen LogP contribution in [0.1, 0.15) is 60.3 Å². The summed E-state index contributed by atoms with van der Waals surface area (Å²) in [6, 6.07) is 0. The average Bonchev–Trinajstić information content (AvgIpc) is 2.43. The Morgan fingerprint density at radius 3 is 2.55 bits per heavy atom. The summed E-state index contributed by atoms with van der Waals surface area (Å²) in [6.45, 7) is 11.4. The van der Waals surface area contributed by atoms with Crippen LogP contribution in [-0.2, 0) is 4.79 Å². The quantitative estimate of drug-likeness (QED) is 0.787. The lowest BCUT2D eigenvalue weighted by atomic mass is 9.46. The van der Waals surface area contributed by atoms with Crippen molar-refractivity contribution in [3.8, 4) is 0 Å². The summed E-state index contributed by atoms with van der Waals surface area (Å²) in [4.78, 5) is 11.8. The summed E-state index contributed by atoms with van der Waals surface area (Å²) < 4.78 is 0. The van der Waals surface area contributed by atoms with E-state index >= 15 is 0 Å². The zero-order valence-corrected chi connectivity index (χ0v) is 14.8. The minimum Gasteiger partial charge on any atom is -0.393 e. The number of ketones is 1. The molecule has 2 saturated carbocycles. The van der Waals surface area contributed by atoms with Crippen LogP contribution in [0.15, 0.2) is 11.6 Å². The van der Waals surface area contributed by atoms with Crippen molar-refractivity contribution >= 4 is 5.78 Å². The Kier molecular flexibility index (Phi) is 4.04. The van der Waals surface area contributed by atoms with Gasteiger partial charge >= 0.3 is 0 Å². The van der Waals surface area contributed by atoms with Crippen LogP contribution in [0.3, 0.4) is 0 Å². The van der Waals surface area contributed by atoms with Gasteiger partial charge in [-0.15, -0.1) is 0 Å². The van der Waals surface area contributed by atoms with Crippen LogP contribution in [0, 0.1) is 40.9 Å². The number of allylic oxidation sites excluding steroid dienone is 2. The van der Waals surface area contributed by atoms with Crippen molar-refractivity contribution in [3.63, 3.8) is 0 Å². The van der Waals surface area contributed by atoms with Gasteiger partial charge in [-0.25, -0.2) is 0 Å². The molecule has 0 aromatic rings. The molecule has 22 heavy (non-hydrogen) atoms. The van der Waals surface area contributed by atoms with Crippen LogP contribution in [0.2, 0.25) is 0 Å². The lowest BCUT2D eigenvalue weighted by Gasteiger charge is -2.59. The van der Waals surface area contributed by atoms with Crippen LogP contribution in [0.25, 0.3) is 0 Å². The van der Waals surface area contributed by atoms with Crippen LogP contribution in [0.5, 0.6) is 0 Å². The number of hydrogen-bond acceptors (Lipinski definition) is 2. The fourth-order valence-electron chi connectivity index (χ4n) is 6.28. The lowest BCUT2D eigenvalue weighted by Crippen LogP contribution is -2.55. The predicted octanol–water partition coefficient (Wildman–Crippen LogP) is 4.23. The molecule has 2 nitrogen and oxygen atoms in total. The first-order valence-corrected chi connectivity index (χ1v) is 9.17. The van der Waals surface area contributed by atoms with Crippen molar-refractivity contribution in [2.24, 2.45) is 40.9 Å². The molecular weight excluding hydrogens is 272 g/mol. The predicted molar refractivity (Wildman–Crippen MR) is 89.3 cm³/mol. The minimum absolute atomic E-state index is 0.0283. The first-order chi connectivity index (χ1) is 10.3. The largest absolute Gasteiger partial charge is 0.393 e. The number of aliphatic hydroxyl groups excluding tert-OH is 1. The Morgan fingerprint density at radius 1 is 1.23 bits per heavy atom. The molecule has 0 saturated heterocycles. The maximum absolute atomic E-state index is 11.8. The molecule has 2 heteroatoms. The first-order valence-electron chi connectivity index (χ1n) is 9.17. The van der Waals surface area contributed by atoms with E-state index in [-0.39, 0.29) is 11.5 Å². The van der Waals surface area contributed by atoms with Gasteiger partial charge in [0, 0.05) is 6.42 Å². The molecule has 0 aliphatic heterocycles. The van der Waals surface area contributed by atoms with E-state index in [2.05, 4.69) is 27.7 Å². The molecule has 3 aliphatic rings. The Balaban J connectivity index is 1.98. The molecule has 0 bridgehead atoms. The third kappa shape index (κ3) is 2.29. The third-order valence-electron chi connectivity index (χ3n) is 7.64. The van der Waals surface area contributed by atoms with Gasteiger partial charge in [0.15, 0.2) is 5.78 Å². The van der Waals surface area contributed by atoms with Gasteiger partial charge in [-0.2, -0.15) is 0 Å². The molecule has 2 fully saturated rings. The highest BCUT2D eigenvalue weighted by molar-refractivity contribution is 5.91. The topological polar surface area (TPSA) is 37.3 Å². The highest BCUT2D eigenvalue weighted by Crippen LogP contribution is 2.60. The molecule has 0 spiro atoms. The number of carbonyl (C=O) groups is 1. The van der Waals surface area contributed by atoms with Crippen molar-refractivity contribution in [1.29, 1.82) is 0 Å². The van der Waals surface area contributed by atoms with Gasteiger partial charge in [-0.1, -0.05) is 33.3 Å². The molecular formula is C20H32O2. The number of rotatable bonds is 1. The molecule has 0 heterocycles. The van der Waals surface area contributed by atoms with Crippen LogP contribution in [0.4, 0.5) is 0 Å². The second-order valence-corrected chi connectivity index (χ2v) is 8.82. The highest BCUT2D eigenvalue weighted by Gasteiger charge is 2.55. The summed E-state index contributed by atoms with van der Waals surface area (Å²) in [5, 5.41) is 10.4. The zero-order chi connectivity index (χ0) is 16.2. The van der Waals surface area contributed by atoms with Gasteiger partial charge in [0.05, 0.1) is 6.10 Å². The van der Waals surface area contributed by atoms with E-state index in [4.69, 9.17) is 0 Å². The van der Waals surface area contributed by atoms with Crippen molar-refractivity contribution < 1.29 is 9.90 Å². The fraction of sp³-hybridized carbons (Fsp3) is 0.850. The minimum atomic E-state index is -0.247. The van der Waals surface area contributed by atoms with Crippen molar-refractivity contribution in [1.82, 2.24) is 0 Å². The van der Waals surface area contributed by atoms with Crippen molar-refractivity contribution in [2.45, 2.75) is 66.4 Å². The molecule has 3 aliphatic carbocycles. The summed E-state index contributed by atoms with van der Waals surface area (Å²) >= 11 is 0. The standard InChI is InChI=1S/C20H32O2/c1-11-8-15-9-16(22)6-7-17(15)19-12(2)10-20(5,14(4)21)13(3)18(11)19/h9,11-14,17-19,21H,6-8,10H2,1-5H3/t11-,12+,13?,14?,17?,18?,19?,20+/m1/s1. The van der Waals surface area contributed by atoms with Gasteiger partial charge in [-0.3, -0.25) is 4.79 Å². The molecule has 0 radical (unpaired) electrons. The average molecular weight is 304 g/mol. The molecule has 1 N–H and O–H groups in total. The monoisotopic (exact) mass is 304 g/mol. The highest BCUT2D eigenvalue weighted by atomic mass is 16.3. The fourth-order valence-corrected chi connectivity index (χ4v) is 6.28. The Bertz CT molecular complexity index is 492. The van der Waals surface area contributed by atoms with E-state index in [1.807, 2.05) is 13.0 Å². The number of carbonyl (C=O) groups excluding carboxylic acids is 1. The normalized spacial score (nSPS) is 49.9. The molecule has 0 aromatic carbocycles. The smallest absolute Gasteiger partial charge is 0.155 e. The van der Waals surface area contributed by atoms with E-state index in [9.17, 15) is 9.90 Å². The Hall–Kier alpha value is -0.630. The van der Waals surface area contributed by atoms with E-state index in [0.29, 0.717) is 41.3 Å². The molecule has 8 atom stereocenters. The number of fused-ring (bicyclic) bond motifs is 3. The Labute approximate surface area is 135 Å². The molecule has 5 unspecified atom stereocenters. The van der Waals surface area contributed by atoms with Gasteiger partial charge in [0.25, 0.3) is 0 Å². The first kappa shape index (κ1) is 16.2. The van der Waals surface area contributed by atoms with Gasteiger partial charge in [0.1, 0.15) is 0 Å². The zero-order valence-electron chi connectivity index (χ0n) is 14.8. The van der Waals surface area contributed by atoms with E-state index in [1.165, 1.54) is 5.57 Å². The molecule has 0 aromatic heterocycles. The third-order valence-corrected chi connectivity index (χ3v) is 7.64. The maximum atomic E-state index is 11.8. The van der Waals surface area contributed by atoms with E-state index < -0.39 is 0 Å². The van der Waals surface area contributed by atoms with Crippen molar-refractivity contribution in [3.05, 3.63) is 11.6 Å². The van der Waals surface area contributed by atoms with Gasteiger partial charge in [-0.05, 0) is 73.2 Å². The molecule has 3 rings (SSSR count). The van der Waals surface area contributed by atoms with E-state index in [0.717, 1.165) is 25.7 Å². The molecule has 124 valence electrons. The van der Waals surface area contributed by atoms with Gasteiger partial charge in [0.2, 0.25) is 0 Å². The second-order valence-electron chi connectivity index (χ2n) is 8.82. The number of hydrogen-bond donors (Lipinski definition) is 1. The Morgan fingerprint density at radius 2 is 1.91 bits per heavy atom. The van der Waals surface area contributed by atoms with Gasteiger partial charge < -0.3 is 5.11 Å². The van der Waals surface area contributed by atoms with Crippen LogP contribution < -0.4 is 0 Å². The summed E-state index contributed by atoms with van der Waals surface area (Å²) in [5.41, 5.74) is 1.46. The maximum Gasteiger partial charge on any atom is 0.155 e. The van der Waals surface area contributed by atoms with Crippen LogP contribution >= 0.6 is 0 Å². The summed E-state index contributed by atoms with van der Waals surface area (Å²) in [5.74, 6) is 4.13. The second kappa shape index (κ2) is 5.47. The SMILES string of the molecule is CC(O)[C@@]1(C)C[C@H](C)C2C3CCC(=O)C=C3C[C@@H](C)C2C1C. The lowest BCUT2D eigenvalue weighted by molar-refractivity contribution is -0.124. The summed E-state index contributed by atoms with van der Waals surface area (Å²) in [7, 11) is 0.